The number of β-amino-alcohol motifs (C(OH)–C–C–N with tert-alkyl or cyclic N) is 1. The van der Waals surface area contributed by atoms with E-state index < -0.39 is 6.10 Å². The molecule has 1 saturated heterocycles. The van der Waals surface area contributed by atoms with E-state index >= 15 is 0 Å². The fourth-order valence-corrected chi connectivity index (χ4v) is 3.83. The molecule has 2 atom stereocenters. The molecule has 0 aromatic heterocycles. The van der Waals surface area contributed by atoms with Gasteiger partial charge < -0.3 is 29.9 Å². The van der Waals surface area contributed by atoms with Gasteiger partial charge in [-0.1, -0.05) is 0 Å². The molecule has 2 heterocycles. The highest BCUT2D eigenvalue weighted by molar-refractivity contribution is 5.98. The van der Waals surface area contributed by atoms with Crippen LogP contribution in [0.2, 0.25) is 0 Å². The van der Waals surface area contributed by atoms with Gasteiger partial charge in [0.05, 0.1) is 24.9 Å². The molecular weight excluding hydrogens is 360 g/mol. The fourth-order valence-electron chi connectivity index (χ4n) is 3.83. The summed E-state index contributed by atoms with van der Waals surface area (Å²) in [5.41, 5.74) is 1.44. The van der Waals surface area contributed by atoms with Gasteiger partial charge in [0.2, 0.25) is 0 Å². The third-order valence-corrected chi connectivity index (χ3v) is 5.45. The topological polar surface area (TPSA) is 91.3 Å². The Balaban J connectivity index is 1.56. The Hall–Kier alpha value is -1.83. The van der Waals surface area contributed by atoms with Crippen molar-refractivity contribution in [2.24, 2.45) is 5.92 Å². The number of fused-ring (bicyclic) bond motifs is 1. The number of carbonyl (C=O) groups is 1. The second kappa shape index (κ2) is 10.1. The van der Waals surface area contributed by atoms with E-state index in [0.717, 1.165) is 44.3 Å². The maximum Gasteiger partial charge on any atom is 0.255 e. The van der Waals surface area contributed by atoms with E-state index in [1.807, 2.05) is 19.1 Å². The maximum absolute atomic E-state index is 12.8. The summed E-state index contributed by atoms with van der Waals surface area (Å²) in [7, 11) is 0. The number of nitrogens with one attached hydrogen (secondary N) is 1. The van der Waals surface area contributed by atoms with E-state index in [2.05, 4.69) is 10.2 Å². The first-order valence-corrected chi connectivity index (χ1v) is 10.3. The van der Waals surface area contributed by atoms with Gasteiger partial charge in [0.25, 0.3) is 5.91 Å². The van der Waals surface area contributed by atoms with Gasteiger partial charge in [0.1, 0.15) is 0 Å². The first-order chi connectivity index (χ1) is 13.6. The molecule has 156 valence electrons. The van der Waals surface area contributed by atoms with E-state index in [4.69, 9.17) is 14.6 Å². The molecule has 7 heteroatoms. The number of ether oxygens (including phenoxy) is 2. The minimum atomic E-state index is -0.461. The van der Waals surface area contributed by atoms with Gasteiger partial charge in [-0.3, -0.25) is 4.79 Å². The molecule has 0 unspecified atom stereocenters. The molecule has 7 nitrogen and oxygen atoms in total. The predicted molar refractivity (Wildman–Crippen MR) is 106 cm³/mol. The first kappa shape index (κ1) is 20.9. The average molecular weight is 392 g/mol. The number of carbonyl (C=O) groups excluding carboxylic acids is 1. The predicted octanol–water partition coefficient (Wildman–Crippen LogP) is 1.34. The fraction of sp³-hybridized carbons (Fsp3) is 0.667. The van der Waals surface area contributed by atoms with Crippen LogP contribution in [0.15, 0.2) is 12.1 Å². The van der Waals surface area contributed by atoms with E-state index in [9.17, 15) is 9.90 Å². The van der Waals surface area contributed by atoms with E-state index in [-0.39, 0.29) is 18.4 Å². The van der Waals surface area contributed by atoms with Crippen LogP contribution in [0, 0.1) is 12.8 Å². The van der Waals surface area contributed by atoms with E-state index in [1.54, 1.807) is 0 Å². The van der Waals surface area contributed by atoms with Crippen LogP contribution in [0.25, 0.3) is 0 Å². The zero-order chi connectivity index (χ0) is 19.9. The lowest BCUT2D eigenvalue weighted by Crippen LogP contribution is -2.47. The minimum Gasteiger partial charge on any atom is -0.490 e. The van der Waals surface area contributed by atoms with Crippen LogP contribution in [-0.4, -0.2) is 73.1 Å². The molecule has 0 aliphatic carbocycles. The quantitative estimate of drug-likeness (QED) is 0.607. The van der Waals surface area contributed by atoms with Crippen LogP contribution < -0.4 is 14.8 Å². The molecule has 1 fully saturated rings. The number of aliphatic hydroxyl groups is 2. The molecule has 2 aliphatic rings. The molecule has 3 N–H and O–H groups in total. The van der Waals surface area contributed by atoms with Crippen molar-refractivity contribution in [3.8, 4) is 11.5 Å². The van der Waals surface area contributed by atoms with Gasteiger partial charge in [-0.25, -0.2) is 0 Å². The molecule has 0 bridgehead atoms. The lowest BCUT2D eigenvalue weighted by atomic mass is 9.93. The van der Waals surface area contributed by atoms with Crippen molar-refractivity contribution in [1.29, 1.82) is 0 Å². The van der Waals surface area contributed by atoms with Crippen LogP contribution in [0.3, 0.4) is 0 Å². The van der Waals surface area contributed by atoms with Crippen molar-refractivity contribution in [1.82, 2.24) is 10.2 Å². The molecule has 0 saturated carbocycles. The molecular formula is C21H32N2O5. The average Bonchev–Trinajstić information content (AvgIpc) is 2.92. The van der Waals surface area contributed by atoms with E-state index in [1.165, 1.54) is 0 Å². The van der Waals surface area contributed by atoms with Crippen molar-refractivity contribution < 1.29 is 24.5 Å². The summed E-state index contributed by atoms with van der Waals surface area (Å²) in [4.78, 5) is 15.0. The Bertz CT molecular complexity index is 666. The SMILES string of the molecule is Cc1cc2c(c(C(=O)NC[C@H]3CCN(CCCCO)C[C@H]3O)c1)OCCCO2. The third kappa shape index (κ3) is 5.37. The Labute approximate surface area is 166 Å². The highest BCUT2D eigenvalue weighted by Gasteiger charge is 2.28. The minimum absolute atomic E-state index is 0.0404. The zero-order valence-corrected chi connectivity index (χ0v) is 16.7. The number of benzene rings is 1. The van der Waals surface area contributed by atoms with Crippen LogP contribution in [0.4, 0.5) is 0 Å². The number of amides is 1. The smallest absolute Gasteiger partial charge is 0.255 e. The van der Waals surface area contributed by atoms with Crippen molar-refractivity contribution in [3.63, 3.8) is 0 Å². The van der Waals surface area contributed by atoms with Gasteiger partial charge >= 0.3 is 0 Å². The summed E-state index contributed by atoms with van der Waals surface area (Å²) in [6.07, 6.45) is 2.89. The highest BCUT2D eigenvalue weighted by atomic mass is 16.5. The maximum atomic E-state index is 12.8. The van der Waals surface area contributed by atoms with Crippen molar-refractivity contribution in [3.05, 3.63) is 23.3 Å². The molecule has 1 amide bonds. The van der Waals surface area contributed by atoms with Gasteiger partial charge in [0, 0.05) is 32.0 Å². The Morgan fingerprint density at radius 1 is 1.29 bits per heavy atom. The molecule has 2 aliphatic heterocycles. The molecule has 0 radical (unpaired) electrons. The lowest BCUT2D eigenvalue weighted by molar-refractivity contribution is 0.0212. The number of likely N-dealkylation sites (tertiary alicyclic amines) is 1. The Kier molecular flexibility index (Phi) is 7.53. The number of nitrogens with zero attached hydrogens (tertiary/aromatic N) is 1. The third-order valence-electron chi connectivity index (χ3n) is 5.45. The van der Waals surface area contributed by atoms with Gasteiger partial charge in [-0.2, -0.15) is 0 Å². The van der Waals surface area contributed by atoms with Crippen LogP contribution in [0.1, 0.15) is 41.6 Å². The van der Waals surface area contributed by atoms with Gasteiger partial charge in [-0.15, -0.1) is 0 Å². The lowest BCUT2D eigenvalue weighted by Gasteiger charge is -2.36. The second-order valence-electron chi connectivity index (χ2n) is 7.75. The van der Waals surface area contributed by atoms with Crippen molar-refractivity contribution in [2.45, 2.75) is 38.7 Å². The molecule has 1 aromatic rings. The van der Waals surface area contributed by atoms with E-state index in [0.29, 0.717) is 43.4 Å². The number of aliphatic hydroxyl groups excluding tert-OH is 2. The molecule has 0 spiro atoms. The first-order valence-electron chi connectivity index (χ1n) is 10.3. The monoisotopic (exact) mass is 392 g/mol. The highest BCUT2D eigenvalue weighted by Crippen LogP contribution is 2.34. The summed E-state index contributed by atoms with van der Waals surface area (Å²) < 4.78 is 11.5. The van der Waals surface area contributed by atoms with Crippen LogP contribution in [0.5, 0.6) is 11.5 Å². The summed E-state index contributed by atoms with van der Waals surface area (Å²) in [6, 6.07) is 3.72. The van der Waals surface area contributed by atoms with Crippen molar-refractivity contribution in [2.75, 3.05) is 46.0 Å². The largest absolute Gasteiger partial charge is 0.490 e. The normalized spacial score (nSPS) is 22.5. The number of hydrogen-bond donors (Lipinski definition) is 3. The summed E-state index contributed by atoms with van der Waals surface area (Å²) in [5, 5.41) is 22.3. The summed E-state index contributed by atoms with van der Waals surface area (Å²) in [5.74, 6) is 0.986. The van der Waals surface area contributed by atoms with Crippen molar-refractivity contribution >= 4 is 5.91 Å². The number of rotatable bonds is 7. The zero-order valence-electron chi connectivity index (χ0n) is 16.7. The molecule has 28 heavy (non-hydrogen) atoms. The van der Waals surface area contributed by atoms with Gasteiger partial charge in [-0.05, 0) is 57.0 Å². The summed E-state index contributed by atoms with van der Waals surface area (Å²) in [6.45, 7) is 6.11. The number of hydrogen-bond acceptors (Lipinski definition) is 6. The number of aryl methyl sites for hydroxylation is 1. The Morgan fingerprint density at radius 3 is 2.89 bits per heavy atom. The number of unbranched alkanes of at least 4 members (excludes halogenated alkanes) is 1. The molecule has 3 rings (SSSR count). The Morgan fingerprint density at radius 2 is 2.11 bits per heavy atom. The van der Waals surface area contributed by atoms with Crippen LogP contribution in [-0.2, 0) is 0 Å². The number of piperidine rings is 1. The van der Waals surface area contributed by atoms with Crippen LogP contribution >= 0.6 is 0 Å². The van der Waals surface area contributed by atoms with Gasteiger partial charge in [0.15, 0.2) is 11.5 Å². The second-order valence-corrected chi connectivity index (χ2v) is 7.75. The standard InChI is InChI=1S/C21H32N2O5/c1-15-11-17(20-19(12-15)27-9-4-10-28-20)21(26)22-13-16-5-7-23(14-18(16)25)6-2-3-8-24/h11-12,16,18,24-25H,2-10,13-14H2,1H3,(H,22,26)/t16-,18-/m1/s1. The molecule has 1 aromatic carbocycles. The summed E-state index contributed by atoms with van der Waals surface area (Å²) >= 11 is 0.